The van der Waals surface area contributed by atoms with Crippen LogP contribution in [0, 0.1) is 29.6 Å². The van der Waals surface area contributed by atoms with Crippen molar-refractivity contribution in [3.8, 4) is 12.3 Å². The van der Waals surface area contributed by atoms with Crippen LogP contribution in [-0.2, 0) is 4.79 Å². The van der Waals surface area contributed by atoms with Gasteiger partial charge in [0, 0.05) is 23.3 Å². The zero-order valence-electron chi connectivity index (χ0n) is 19.7. The number of Topliss-reactive ketones (excluding diaryl/α,β-unsaturated/α-hetero) is 1. The number of terminal acetylenes is 1. The molecule has 1 N–H and O–H groups in total. The number of alkyl halides is 2. The molecule has 2 fully saturated rings. The van der Waals surface area contributed by atoms with E-state index in [1.165, 1.54) is 18.1 Å². The van der Waals surface area contributed by atoms with Crippen molar-refractivity contribution in [2.75, 3.05) is 0 Å². The Labute approximate surface area is 199 Å². The van der Waals surface area contributed by atoms with Gasteiger partial charge in [-0.2, -0.15) is 8.78 Å². The molecule has 0 aromatic heterocycles. The van der Waals surface area contributed by atoms with Gasteiger partial charge in [0.25, 0.3) is 0 Å². The minimum Gasteiger partial charge on any atom is -0.382 e. The highest BCUT2D eigenvalue weighted by Crippen LogP contribution is 2.69. The maximum Gasteiger partial charge on any atom is 0.336 e. The van der Waals surface area contributed by atoms with Crippen LogP contribution in [0.5, 0.6) is 0 Å². The average Bonchev–Trinajstić information content (AvgIpc) is 3.10. The first-order chi connectivity index (χ1) is 16.0. The highest BCUT2D eigenvalue weighted by atomic mass is 19.3. The van der Waals surface area contributed by atoms with Crippen molar-refractivity contribution in [2.45, 2.75) is 76.2 Å². The summed E-state index contributed by atoms with van der Waals surface area (Å²) in [5, 5.41) is 11.5. The van der Waals surface area contributed by atoms with E-state index in [1.807, 2.05) is 12.1 Å². The normalized spacial score (nSPS) is 35.1. The second-order valence-corrected chi connectivity index (χ2v) is 10.8. The van der Waals surface area contributed by atoms with Gasteiger partial charge in [-0.25, -0.2) is 0 Å². The molecule has 4 aliphatic carbocycles. The van der Waals surface area contributed by atoms with Crippen molar-refractivity contribution in [1.29, 1.82) is 0 Å². The number of fused-ring (bicyclic) bond motifs is 4. The zero-order valence-corrected chi connectivity index (χ0v) is 19.7. The third-order valence-corrected chi connectivity index (χ3v) is 9.31. The SMILES string of the molecule is C#CC(F)(F)[C@]1(O)CCC2C3CCC4=CC(=O)CCC4=C3C(c3ccc(C(C)=O)cc3)C[C@@]21C. The second-order valence-electron chi connectivity index (χ2n) is 10.8. The molecule has 0 radical (unpaired) electrons. The van der Waals surface area contributed by atoms with Crippen molar-refractivity contribution in [3.63, 3.8) is 0 Å². The Morgan fingerprint density at radius 3 is 2.53 bits per heavy atom. The van der Waals surface area contributed by atoms with Gasteiger partial charge in [0.15, 0.2) is 11.6 Å². The number of hydrogen-bond donors (Lipinski definition) is 1. The van der Waals surface area contributed by atoms with Crippen molar-refractivity contribution in [2.24, 2.45) is 17.3 Å². The van der Waals surface area contributed by atoms with Crippen LogP contribution in [0.4, 0.5) is 8.78 Å². The van der Waals surface area contributed by atoms with Gasteiger partial charge in [0.2, 0.25) is 0 Å². The van der Waals surface area contributed by atoms with Crippen LogP contribution in [0.1, 0.15) is 80.6 Å². The molecule has 0 heterocycles. The molecule has 0 saturated heterocycles. The first-order valence-corrected chi connectivity index (χ1v) is 12.2. The quantitative estimate of drug-likeness (QED) is 0.455. The Kier molecular flexibility index (Phi) is 5.26. The van der Waals surface area contributed by atoms with E-state index in [9.17, 15) is 14.7 Å². The molecule has 5 atom stereocenters. The molecule has 2 saturated carbocycles. The summed E-state index contributed by atoms with van der Waals surface area (Å²) < 4.78 is 30.2. The van der Waals surface area contributed by atoms with E-state index in [4.69, 9.17) is 6.42 Å². The second kappa shape index (κ2) is 7.71. The summed E-state index contributed by atoms with van der Waals surface area (Å²) in [6.07, 6.45) is 10.5. The third-order valence-electron chi connectivity index (χ3n) is 9.31. The molecule has 34 heavy (non-hydrogen) atoms. The van der Waals surface area contributed by atoms with E-state index in [0.29, 0.717) is 31.2 Å². The summed E-state index contributed by atoms with van der Waals surface area (Å²) in [5.74, 6) is -2.15. The molecule has 4 aliphatic rings. The molecule has 5 rings (SSSR count). The average molecular weight is 465 g/mol. The molecule has 3 unspecified atom stereocenters. The summed E-state index contributed by atoms with van der Waals surface area (Å²) in [5.41, 5.74) is 1.75. The zero-order chi connectivity index (χ0) is 24.5. The lowest BCUT2D eigenvalue weighted by Crippen LogP contribution is -2.60. The predicted octanol–water partition coefficient (Wildman–Crippen LogP) is 5.79. The molecular formula is C29H30F2O3. The summed E-state index contributed by atoms with van der Waals surface area (Å²) in [7, 11) is 0. The molecular weight excluding hydrogens is 434 g/mol. The fourth-order valence-corrected chi connectivity index (χ4v) is 7.55. The largest absolute Gasteiger partial charge is 0.382 e. The van der Waals surface area contributed by atoms with Crippen molar-refractivity contribution < 1.29 is 23.5 Å². The molecule has 1 aromatic rings. The van der Waals surface area contributed by atoms with Gasteiger partial charge < -0.3 is 5.11 Å². The molecule has 3 nitrogen and oxygen atoms in total. The number of rotatable bonds is 3. The van der Waals surface area contributed by atoms with Crippen LogP contribution >= 0.6 is 0 Å². The van der Waals surface area contributed by atoms with Crippen LogP contribution in [0.3, 0.4) is 0 Å². The number of halogens is 2. The molecule has 178 valence electrons. The van der Waals surface area contributed by atoms with E-state index in [0.717, 1.165) is 24.0 Å². The molecule has 1 aromatic carbocycles. The first-order valence-electron chi connectivity index (χ1n) is 12.2. The lowest BCUT2D eigenvalue weighted by Gasteiger charge is -2.55. The summed E-state index contributed by atoms with van der Waals surface area (Å²) >= 11 is 0. The molecule has 5 heteroatoms. The summed E-state index contributed by atoms with van der Waals surface area (Å²) in [4.78, 5) is 24.0. The smallest absolute Gasteiger partial charge is 0.336 e. The summed E-state index contributed by atoms with van der Waals surface area (Å²) in [6, 6.07) is 7.39. The topological polar surface area (TPSA) is 54.4 Å². The number of hydrogen-bond acceptors (Lipinski definition) is 3. The van der Waals surface area contributed by atoms with Crippen LogP contribution in [0.15, 0.2) is 47.1 Å². The van der Waals surface area contributed by atoms with Gasteiger partial charge in [-0.15, -0.1) is 6.42 Å². The number of benzene rings is 1. The van der Waals surface area contributed by atoms with Crippen LogP contribution in [0.2, 0.25) is 0 Å². The monoisotopic (exact) mass is 464 g/mol. The number of ketones is 2. The Morgan fingerprint density at radius 2 is 1.88 bits per heavy atom. The van der Waals surface area contributed by atoms with Gasteiger partial charge in [0.05, 0.1) is 0 Å². The lowest BCUT2D eigenvalue weighted by molar-refractivity contribution is -0.209. The van der Waals surface area contributed by atoms with Crippen LogP contribution in [-0.4, -0.2) is 28.2 Å². The van der Waals surface area contributed by atoms with Gasteiger partial charge in [-0.05, 0) is 86.0 Å². The standard InChI is InChI=1S/C29H30F2O3/c1-4-29(30,31)28(34)14-13-25-23-11-9-20-15-21(33)10-12-22(20)26(23)24(16-27(25,28)3)19-7-5-18(6-8-19)17(2)32/h1,5-8,15,23-25,34H,9-14,16H2,2-3H3/t23?,24?,25?,27-,28-/m0/s1. The minimum absolute atomic E-state index is 0.0261. The Hall–Kier alpha value is -2.58. The number of aliphatic hydroxyl groups is 1. The fourth-order valence-electron chi connectivity index (χ4n) is 7.55. The highest BCUT2D eigenvalue weighted by Gasteiger charge is 2.71. The van der Waals surface area contributed by atoms with E-state index in [-0.39, 0.29) is 35.7 Å². The van der Waals surface area contributed by atoms with Crippen LogP contribution < -0.4 is 0 Å². The van der Waals surface area contributed by atoms with E-state index < -0.39 is 16.9 Å². The van der Waals surface area contributed by atoms with E-state index in [1.54, 1.807) is 31.1 Å². The summed E-state index contributed by atoms with van der Waals surface area (Å²) in [6.45, 7) is 3.31. The predicted molar refractivity (Wildman–Crippen MR) is 125 cm³/mol. The van der Waals surface area contributed by atoms with E-state index in [2.05, 4.69) is 0 Å². The Morgan fingerprint density at radius 1 is 1.18 bits per heavy atom. The minimum atomic E-state index is -3.62. The highest BCUT2D eigenvalue weighted by molar-refractivity contribution is 5.94. The van der Waals surface area contributed by atoms with Crippen molar-refractivity contribution in [3.05, 3.63) is 58.2 Å². The fraction of sp³-hybridized carbons (Fsp3) is 0.517. The van der Waals surface area contributed by atoms with Crippen LogP contribution in [0.25, 0.3) is 0 Å². The molecule has 0 bridgehead atoms. The Bertz CT molecular complexity index is 1170. The van der Waals surface area contributed by atoms with Gasteiger partial charge in [0.1, 0.15) is 5.60 Å². The number of carbonyl (C=O) groups excluding carboxylic acids is 2. The maximum absolute atomic E-state index is 15.1. The molecule has 0 aliphatic heterocycles. The van der Waals surface area contributed by atoms with Gasteiger partial charge in [-0.3, -0.25) is 9.59 Å². The van der Waals surface area contributed by atoms with Gasteiger partial charge in [-0.1, -0.05) is 36.8 Å². The van der Waals surface area contributed by atoms with Crippen molar-refractivity contribution >= 4 is 11.6 Å². The number of allylic oxidation sites excluding steroid dienone is 4. The molecule has 0 spiro atoms. The Balaban J connectivity index is 1.69. The number of carbonyl (C=O) groups is 2. The van der Waals surface area contributed by atoms with Gasteiger partial charge >= 0.3 is 5.92 Å². The lowest BCUT2D eigenvalue weighted by atomic mass is 9.50. The van der Waals surface area contributed by atoms with E-state index >= 15 is 8.78 Å². The molecule has 0 amide bonds. The van der Waals surface area contributed by atoms with Crippen molar-refractivity contribution in [1.82, 2.24) is 0 Å². The third kappa shape index (κ3) is 3.11. The first kappa shape index (κ1) is 23.2. The maximum atomic E-state index is 15.1.